The lowest BCUT2D eigenvalue weighted by Gasteiger charge is -2.20. The van der Waals surface area contributed by atoms with Gasteiger partial charge in [-0.3, -0.25) is 4.79 Å². The molecule has 0 aliphatic heterocycles. The number of benzene rings is 1. The van der Waals surface area contributed by atoms with Crippen LogP contribution in [0.5, 0.6) is 0 Å². The molecule has 0 atom stereocenters. The Labute approximate surface area is 111 Å². The summed E-state index contributed by atoms with van der Waals surface area (Å²) in [7, 11) is 0. The third-order valence-electron chi connectivity index (χ3n) is 2.42. The maximum Gasteiger partial charge on any atom is 0.253 e. The zero-order valence-electron chi connectivity index (χ0n) is 9.62. The number of hydrogen-bond donors (Lipinski definition) is 1. The Morgan fingerprint density at radius 3 is 2.59 bits per heavy atom. The van der Waals surface area contributed by atoms with Crippen molar-refractivity contribution in [1.82, 2.24) is 4.90 Å². The van der Waals surface area contributed by atoms with Gasteiger partial charge in [-0.15, -0.1) is 0 Å². The molecule has 3 nitrogen and oxygen atoms in total. The minimum atomic E-state index is -0.0977. The molecule has 1 aromatic rings. The highest BCUT2D eigenvalue weighted by atomic mass is 35.5. The van der Waals surface area contributed by atoms with Crippen LogP contribution in [0.3, 0.4) is 0 Å². The van der Waals surface area contributed by atoms with Gasteiger partial charge in [-0.1, -0.05) is 23.2 Å². The Bertz CT molecular complexity index is 396. The van der Waals surface area contributed by atoms with E-state index in [0.717, 1.165) is 0 Å². The minimum Gasteiger partial charge on any atom is -0.396 e. The Hall–Kier alpha value is -0.770. The van der Waals surface area contributed by atoms with Crippen molar-refractivity contribution in [3.05, 3.63) is 33.8 Å². The first-order valence-electron chi connectivity index (χ1n) is 5.45. The summed E-state index contributed by atoms with van der Waals surface area (Å²) in [5.41, 5.74) is 0.513. The molecule has 0 aliphatic carbocycles. The van der Waals surface area contributed by atoms with Crippen LogP contribution in [0.4, 0.5) is 0 Å². The van der Waals surface area contributed by atoms with Gasteiger partial charge in [-0.2, -0.15) is 0 Å². The molecule has 94 valence electrons. The van der Waals surface area contributed by atoms with Gasteiger partial charge in [0.25, 0.3) is 5.91 Å². The van der Waals surface area contributed by atoms with Gasteiger partial charge < -0.3 is 10.0 Å². The zero-order chi connectivity index (χ0) is 12.8. The quantitative estimate of drug-likeness (QED) is 0.898. The number of carbonyl (C=O) groups is 1. The van der Waals surface area contributed by atoms with Gasteiger partial charge in [0.05, 0.1) is 10.0 Å². The predicted molar refractivity (Wildman–Crippen MR) is 69.7 cm³/mol. The number of aliphatic hydroxyl groups is 1. The number of halogens is 2. The lowest BCUT2D eigenvalue weighted by atomic mass is 10.2. The fourth-order valence-electron chi connectivity index (χ4n) is 1.48. The van der Waals surface area contributed by atoms with Gasteiger partial charge in [-0.25, -0.2) is 0 Å². The third-order valence-corrected chi connectivity index (χ3v) is 3.16. The van der Waals surface area contributed by atoms with Crippen molar-refractivity contribution in [2.45, 2.75) is 13.3 Å². The highest BCUT2D eigenvalue weighted by Gasteiger charge is 2.14. The van der Waals surface area contributed by atoms with Crippen LogP contribution >= 0.6 is 23.2 Å². The SMILES string of the molecule is CCN(CCCO)C(=O)c1ccc(Cl)c(Cl)c1. The second-order valence-electron chi connectivity index (χ2n) is 3.59. The first-order valence-corrected chi connectivity index (χ1v) is 6.21. The molecule has 1 aromatic carbocycles. The molecule has 0 bridgehead atoms. The number of hydrogen-bond acceptors (Lipinski definition) is 2. The zero-order valence-corrected chi connectivity index (χ0v) is 11.1. The monoisotopic (exact) mass is 275 g/mol. The van der Waals surface area contributed by atoms with E-state index in [0.29, 0.717) is 35.1 Å². The van der Waals surface area contributed by atoms with Crippen LogP contribution in [0.1, 0.15) is 23.7 Å². The standard InChI is InChI=1S/C12H15Cl2NO2/c1-2-15(6-3-7-16)12(17)9-4-5-10(13)11(14)8-9/h4-5,8,16H,2-3,6-7H2,1H3. The van der Waals surface area contributed by atoms with Crippen LogP contribution in [-0.2, 0) is 0 Å². The van der Waals surface area contributed by atoms with Gasteiger partial charge >= 0.3 is 0 Å². The molecular formula is C12H15Cl2NO2. The van der Waals surface area contributed by atoms with Crippen LogP contribution in [0.25, 0.3) is 0 Å². The summed E-state index contributed by atoms with van der Waals surface area (Å²) in [5.74, 6) is -0.0977. The Balaban J connectivity index is 2.82. The van der Waals surface area contributed by atoms with Crippen molar-refractivity contribution in [3.8, 4) is 0 Å². The summed E-state index contributed by atoms with van der Waals surface area (Å²) in [6.45, 7) is 3.10. The molecule has 1 rings (SSSR count). The molecule has 5 heteroatoms. The Kier molecular flexibility index (Phi) is 5.75. The lowest BCUT2D eigenvalue weighted by Crippen LogP contribution is -2.32. The van der Waals surface area contributed by atoms with E-state index in [1.165, 1.54) is 0 Å². The van der Waals surface area contributed by atoms with Crippen molar-refractivity contribution in [2.75, 3.05) is 19.7 Å². The van der Waals surface area contributed by atoms with Crippen molar-refractivity contribution in [3.63, 3.8) is 0 Å². The van der Waals surface area contributed by atoms with Gasteiger partial charge in [-0.05, 0) is 31.5 Å². The van der Waals surface area contributed by atoms with Crippen molar-refractivity contribution in [1.29, 1.82) is 0 Å². The molecule has 17 heavy (non-hydrogen) atoms. The Morgan fingerprint density at radius 2 is 2.06 bits per heavy atom. The van der Waals surface area contributed by atoms with Crippen LogP contribution < -0.4 is 0 Å². The number of amides is 1. The minimum absolute atomic E-state index is 0.0746. The highest BCUT2D eigenvalue weighted by Crippen LogP contribution is 2.23. The van der Waals surface area contributed by atoms with E-state index in [-0.39, 0.29) is 12.5 Å². The summed E-state index contributed by atoms with van der Waals surface area (Å²) in [4.78, 5) is 13.8. The predicted octanol–water partition coefficient (Wildman–Crippen LogP) is 2.84. The molecule has 0 aliphatic rings. The molecule has 0 saturated carbocycles. The maximum absolute atomic E-state index is 12.1. The number of carbonyl (C=O) groups excluding carboxylic acids is 1. The molecule has 0 saturated heterocycles. The molecule has 0 unspecified atom stereocenters. The molecular weight excluding hydrogens is 261 g/mol. The normalized spacial score (nSPS) is 10.4. The average molecular weight is 276 g/mol. The maximum atomic E-state index is 12.1. The van der Waals surface area contributed by atoms with Crippen molar-refractivity contribution in [2.24, 2.45) is 0 Å². The fraction of sp³-hybridized carbons (Fsp3) is 0.417. The number of rotatable bonds is 5. The van der Waals surface area contributed by atoms with E-state index in [1.807, 2.05) is 6.92 Å². The molecule has 0 fully saturated rings. The average Bonchev–Trinajstić information content (AvgIpc) is 2.33. The van der Waals surface area contributed by atoms with E-state index in [9.17, 15) is 4.79 Å². The fourth-order valence-corrected chi connectivity index (χ4v) is 1.77. The highest BCUT2D eigenvalue weighted by molar-refractivity contribution is 6.42. The molecule has 0 radical (unpaired) electrons. The van der Waals surface area contributed by atoms with Gasteiger partial charge in [0, 0.05) is 25.3 Å². The van der Waals surface area contributed by atoms with E-state index in [4.69, 9.17) is 28.3 Å². The van der Waals surface area contributed by atoms with Crippen LogP contribution in [0.2, 0.25) is 10.0 Å². The lowest BCUT2D eigenvalue weighted by molar-refractivity contribution is 0.0754. The molecule has 0 aromatic heterocycles. The van der Waals surface area contributed by atoms with Crippen molar-refractivity contribution < 1.29 is 9.90 Å². The first kappa shape index (κ1) is 14.3. The van der Waals surface area contributed by atoms with E-state index in [2.05, 4.69) is 0 Å². The summed E-state index contributed by atoms with van der Waals surface area (Å²) in [5, 5.41) is 9.57. The first-order chi connectivity index (χ1) is 8.10. The topological polar surface area (TPSA) is 40.5 Å². The van der Waals surface area contributed by atoms with E-state index < -0.39 is 0 Å². The van der Waals surface area contributed by atoms with Crippen molar-refractivity contribution >= 4 is 29.1 Å². The molecule has 0 heterocycles. The van der Waals surface area contributed by atoms with Gasteiger partial charge in [0.15, 0.2) is 0 Å². The summed E-state index contributed by atoms with van der Waals surface area (Å²) in [6.07, 6.45) is 0.570. The van der Waals surface area contributed by atoms with Gasteiger partial charge in [0.2, 0.25) is 0 Å². The van der Waals surface area contributed by atoms with Crippen LogP contribution in [-0.4, -0.2) is 35.6 Å². The summed E-state index contributed by atoms with van der Waals surface area (Å²) in [6, 6.07) is 4.82. The van der Waals surface area contributed by atoms with Crippen LogP contribution in [0, 0.1) is 0 Å². The summed E-state index contributed by atoms with van der Waals surface area (Å²) < 4.78 is 0. The van der Waals surface area contributed by atoms with E-state index >= 15 is 0 Å². The van der Waals surface area contributed by atoms with E-state index in [1.54, 1.807) is 23.1 Å². The molecule has 1 amide bonds. The molecule has 0 spiro atoms. The number of aliphatic hydroxyl groups excluding tert-OH is 1. The largest absolute Gasteiger partial charge is 0.396 e. The van der Waals surface area contributed by atoms with Crippen LogP contribution in [0.15, 0.2) is 18.2 Å². The number of nitrogens with zero attached hydrogens (tertiary/aromatic N) is 1. The third kappa shape index (κ3) is 3.87. The summed E-state index contributed by atoms with van der Waals surface area (Å²) >= 11 is 11.7. The second kappa shape index (κ2) is 6.84. The molecule has 1 N–H and O–H groups in total. The van der Waals surface area contributed by atoms with Gasteiger partial charge in [0.1, 0.15) is 0 Å². The Morgan fingerprint density at radius 1 is 1.35 bits per heavy atom. The second-order valence-corrected chi connectivity index (χ2v) is 4.41. The smallest absolute Gasteiger partial charge is 0.253 e.